The molecule has 12 nitrogen and oxygen atoms in total. The van der Waals surface area contributed by atoms with E-state index in [9.17, 15) is 28.8 Å². The lowest BCUT2D eigenvalue weighted by molar-refractivity contribution is -0.145. The number of nitrogens with zero attached hydrogens (tertiary/aromatic N) is 2. The lowest BCUT2D eigenvalue weighted by atomic mass is 9.80. The smallest absolute Gasteiger partial charge is 0.316 e. The second-order valence-electron chi connectivity index (χ2n) is 17.0. The Balaban J connectivity index is 1.84. The fourth-order valence-electron chi connectivity index (χ4n) is 6.99. The molecular weight excluding hydrogens is 588 g/mol. The fraction of sp³-hybridized carbons (Fsp3) is 0.824. The van der Waals surface area contributed by atoms with Crippen LogP contribution in [0.2, 0.25) is 0 Å². The number of nitrogens with two attached hydrogens (primary N) is 1. The van der Waals surface area contributed by atoms with Crippen molar-refractivity contribution in [1.82, 2.24) is 25.8 Å². The number of hydrogen-bond acceptors (Lipinski definition) is 6. The van der Waals surface area contributed by atoms with Crippen molar-refractivity contribution in [1.29, 1.82) is 0 Å². The van der Waals surface area contributed by atoms with Gasteiger partial charge >= 0.3 is 6.03 Å². The number of urea groups is 1. The first kappa shape index (κ1) is 37.3. The average Bonchev–Trinajstić information content (AvgIpc) is 3.21. The maximum Gasteiger partial charge on any atom is 0.316 e. The van der Waals surface area contributed by atoms with E-state index in [4.69, 9.17) is 5.73 Å². The summed E-state index contributed by atoms with van der Waals surface area (Å²) in [5.41, 5.74) is 4.13. The first-order valence-electron chi connectivity index (χ1n) is 16.8. The van der Waals surface area contributed by atoms with Gasteiger partial charge in [0.1, 0.15) is 18.1 Å². The highest BCUT2D eigenvalue weighted by Gasteiger charge is 2.70. The quantitative estimate of drug-likeness (QED) is 0.238. The number of likely N-dealkylation sites (tertiary alicyclic amines) is 1. The fourth-order valence-corrected chi connectivity index (χ4v) is 6.99. The summed E-state index contributed by atoms with van der Waals surface area (Å²) in [4.78, 5) is 82.7. The zero-order valence-electron chi connectivity index (χ0n) is 29.8. The second-order valence-corrected chi connectivity index (χ2v) is 17.0. The summed E-state index contributed by atoms with van der Waals surface area (Å²) in [6, 6.07) is -4.46. The van der Waals surface area contributed by atoms with Crippen LogP contribution in [0.15, 0.2) is 0 Å². The second kappa shape index (κ2) is 13.5. The predicted octanol–water partition coefficient (Wildman–Crippen LogP) is 2.58. The number of nitrogens with one attached hydrogen (secondary N) is 3. The molecule has 3 fully saturated rings. The van der Waals surface area contributed by atoms with Gasteiger partial charge in [0.05, 0.1) is 6.04 Å². The summed E-state index contributed by atoms with van der Waals surface area (Å²) in [7, 11) is 1.70. The molecule has 6 amide bonds. The number of amides is 6. The van der Waals surface area contributed by atoms with Gasteiger partial charge in [-0.25, -0.2) is 4.79 Å². The molecule has 3 aliphatic rings. The van der Waals surface area contributed by atoms with Gasteiger partial charge in [-0.15, -0.1) is 0 Å². The normalized spacial score (nSPS) is 24.2. The number of rotatable bonds is 12. The molecule has 2 aliphatic carbocycles. The number of fused-ring (bicyclic) bond motifs is 1. The number of piperidine rings is 1. The van der Waals surface area contributed by atoms with Gasteiger partial charge in [0.2, 0.25) is 23.5 Å². The third-order valence-electron chi connectivity index (χ3n) is 10.4. The minimum absolute atomic E-state index is 0.0655. The van der Waals surface area contributed by atoms with E-state index in [0.29, 0.717) is 19.4 Å². The highest BCUT2D eigenvalue weighted by atomic mass is 16.2. The van der Waals surface area contributed by atoms with Crippen LogP contribution in [-0.2, 0) is 24.0 Å². The first-order chi connectivity index (χ1) is 21.0. The van der Waals surface area contributed by atoms with Gasteiger partial charge < -0.3 is 31.5 Å². The van der Waals surface area contributed by atoms with E-state index in [0.717, 1.165) is 19.3 Å². The van der Waals surface area contributed by atoms with Gasteiger partial charge in [0.15, 0.2) is 0 Å². The number of hydrogen-bond donors (Lipinski definition) is 4. The van der Waals surface area contributed by atoms with Crippen LogP contribution in [0.4, 0.5) is 4.79 Å². The minimum Gasteiger partial charge on any atom is -0.363 e. The van der Waals surface area contributed by atoms with E-state index < -0.39 is 59.1 Å². The van der Waals surface area contributed by atoms with Crippen molar-refractivity contribution in [3.8, 4) is 0 Å². The van der Waals surface area contributed by atoms with Gasteiger partial charge in [-0.2, -0.15) is 0 Å². The first-order valence-corrected chi connectivity index (χ1v) is 16.8. The van der Waals surface area contributed by atoms with Crippen LogP contribution in [0.5, 0.6) is 0 Å². The molecule has 0 aromatic heterocycles. The summed E-state index contributed by atoms with van der Waals surface area (Å²) in [6.45, 7) is 19.7. The third kappa shape index (κ3) is 8.39. The van der Waals surface area contributed by atoms with Crippen LogP contribution in [0.3, 0.4) is 0 Å². The van der Waals surface area contributed by atoms with Crippen molar-refractivity contribution in [2.45, 2.75) is 132 Å². The number of likely N-dealkylation sites (N-methyl/N-ethyl adjacent to an activating group) is 1. The lowest BCUT2D eigenvalue weighted by Gasteiger charge is -2.38. The Morgan fingerprint density at radius 2 is 1.52 bits per heavy atom. The van der Waals surface area contributed by atoms with Crippen LogP contribution in [0.25, 0.3) is 0 Å². The highest BCUT2D eigenvalue weighted by molar-refractivity contribution is 6.37. The zero-order valence-corrected chi connectivity index (χ0v) is 29.8. The Morgan fingerprint density at radius 3 is 1.98 bits per heavy atom. The Kier molecular flexibility index (Phi) is 10.9. The van der Waals surface area contributed by atoms with E-state index in [1.807, 2.05) is 55.4 Å². The van der Waals surface area contributed by atoms with E-state index in [2.05, 4.69) is 29.8 Å². The highest BCUT2D eigenvalue weighted by Crippen LogP contribution is 2.65. The molecule has 1 heterocycles. The number of ketones is 1. The molecule has 1 saturated heterocycles. The van der Waals surface area contributed by atoms with Crippen LogP contribution in [0.1, 0.15) is 101 Å². The summed E-state index contributed by atoms with van der Waals surface area (Å²) < 4.78 is 0. The Labute approximate surface area is 274 Å². The molecule has 260 valence electrons. The summed E-state index contributed by atoms with van der Waals surface area (Å²) in [6.07, 6.45) is 3.59. The van der Waals surface area contributed by atoms with Crippen LogP contribution in [0, 0.1) is 34.0 Å². The van der Waals surface area contributed by atoms with Gasteiger partial charge in [-0.1, -0.05) is 74.7 Å². The molecule has 3 rings (SSSR count). The van der Waals surface area contributed by atoms with Crippen molar-refractivity contribution in [3.05, 3.63) is 0 Å². The van der Waals surface area contributed by atoms with E-state index >= 15 is 0 Å². The maximum atomic E-state index is 14.3. The SMILES string of the molecule is CC(C)N(C)C(=O)[C@H](CC(C)(C)C)NC(=O)N[C@H](C(=O)N1C[C@H]2[C@@H]([C@H]1C(=O)NC(CC1CCC1)C(=O)C(N)=O)C2(C)C)C(C)(C)C. The van der Waals surface area contributed by atoms with Crippen molar-refractivity contribution < 1.29 is 28.8 Å². The molecule has 46 heavy (non-hydrogen) atoms. The molecule has 5 N–H and O–H groups in total. The van der Waals surface area contributed by atoms with Crippen LogP contribution in [-0.4, -0.2) is 89.0 Å². The largest absolute Gasteiger partial charge is 0.363 e. The van der Waals surface area contributed by atoms with Gasteiger partial charge in [0, 0.05) is 19.6 Å². The minimum atomic E-state index is -1.10. The molecule has 0 radical (unpaired) electrons. The number of Topliss-reactive ketones (excluding diaryl/α,β-unsaturated/α-hetero) is 1. The topological polar surface area (TPSA) is 171 Å². The molecule has 1 aliphatic heterocycles. The standard InChI is InChI=1S/C34H58N6O6/c1-18(2)39(11)29(44)22(16-32(3,4)5)37-31(46)38-26(33(6,7)8)30(45)40-17-20-23(34(20,9)10)24(40)28(43)36-21(25(41)27(35)42)15-19-13-12-14-19/h18-24,26H,12-17H2,1-11H3,(H2,35,42)(H,36,43)(H2,37,38,46)/t20-,21?,22-,23-,24-,26+/m0/s1. The number of primary amides is 1. The molecule has 12 heteroatoms. The average molecular weight is 647 g/mol. The van der Waals surface area contributed by atoms with Gasteiger partial charge in [-0.05, 0) is 60.7 Å². The number of carbonyl (C=O) groups is 6. The van der Waals surface area contributed by atoms with Crippen LogP contribution < -0.4 is 21.7 Å². The molecular formula is C34H58N6O6. The lowest BCUT2D eigenvalue weighted by Crippen LogP contribution is -2.62. The Morgan fingerprint density at radius 1 is 0.935 bits per heavy atom. The molecule has 0 aromatic rings. The van der Waals surface area contributed by atoms with Crippen molar-refractivity contribution in [2.24, 2.45) is 39.7 Å². The van der Waals surface area contributed by atoms with Crippen molar-refractivity contribution >= 4 is 35.4 Å². The molecule has 2 saturated carbocycles. The Hall–Kier alpha value is -3.18. The number of carbonyl (C=O) groups excluding carboxylic acids is 6. The van der Waals surface area contributed by atoms with Crippen molar-refractivity contribution in [2.75, 3.05) is 13.6 Å². The summed E-state index contributed by atoms with van der Waals surface area (Å²) >= 11 is 0. The molecule has 0 aromatic carbocycles. The molecule has 1 unspecified atom stereocenters. The van der Waals surface area contributed by atoms with E-state index in [1.54, 1.807) is 11.9 Å². The molecule has 0 bridgehead atoms. The van der Waals surface area contributed by atoms with Gasteiger partial charge in [0.25, 0.3) is 5.91 Å². The van der Waals surface area contributed by atoms with Crippen LogP contribution >= 0.6 is 0 Å². The maximum absolute atomic E-state index is 14.3. The molecule has 0 spiro atoms. The Bertz CT molecular complexity index is 1210. The summed E-state index contributed by atoms with van der Waals surface area (Å²) in [5.74, 6) is -2.91. The molecule has 6 atom stereocenters. The van der Waals surface area contributed by atoms with Gasteiger partial charge in [-0.3, -0.25) is 24.0 Å². The zero-order chi connectivity index (χ0) is 35.1. The van der Waals surface area contributed by atoms with E-state index in [-0.39, 0.29) is 40.5 Å². The van der Waals surface area contributed by atoms with Crippen molar-refractivity contribution in [3.63, 3.8) is 0 Å². The van der Waals surface area contributed by atoms with E-state index in [1.165, 1.54) is 4.90 Å². The summed E-state index contributed by atoms with van der Waals surface area (Å²) in [5, 5.41) is 8.46. The predicted molar refractivity (Wildman–Crippen MR) is 175 cm³/mol. The third-order valence-corrected chi connectivity index (χ3v) is 10.4. The monoisotopic (exact) mass is 646 g/mol.